The van der Waals surface area contributed by atoms with Crippen LogP contribution in [0.3, 0.4) is 0 Å². The Labute approximate surface area is 216 Å². The molecule has 0 aromatic heterocycles. The maximum atomic E-state index is 12.9. The Morgan fingerprint density at radius 3 is 1.16 bits per heavy atom. The molecule has 0 atom stereocenters. The molecule has 0 saturated carbocycles. The van der Waals surface area contributed by atoms with Gasteiger partial charge in [-0.3, -0.25) is 0 Å². The molecule has 2 rings (SSSR count). The van der Waals surface area contributed by atoms with Crippen LogP contribution in [0.25, 0.3) is 0 Å². The smallest absolute Gasteiger partial charge is 0.374 e. The highest BCUT2D eigenvalue weighted by atomic mass is 17.0. The van der Waals surface area contributed by atoms with Gasteiger partial charge in [0, 0.05) is 35.3 Å². The highest BCUT2D eigenvalue weighted by molar-refractivity contribution is 5.88. The number of carboxylic acid groups (broad SMARTS) is 1. The molecule has 0 aromatic carbocycles. The quantitative estimate of drug-likeness (QED) is 0.257. The first kappa shape index (κ1) is 31.3. The van der Waals surface area contributed by atoms with Crippen LogP contribution in [0.5, 0.6) is 0 Å². The summed E-state index contributed by atoms with van der Waals surface area (Å²) in [6, 6.07) is 0. The van der Waals surface area contributed by atoms with Crippen molar-refractivity contribution in [3.63, 3.8) is 0 Å². The molecule has 0 aliphatic carbocycles. The van der Waals surface area contributed by atoms with Gasteiger partial charge >= 0.3 is 17.9 Å². The van der Waals surface area contributed by atoms with Gasteiger partial charge in [0.25, 0.3) is 0 Å². The Bertz CT molecular complexity index is 828. The van der Waals surface area contributed by atoms with E-state index in [9.17, 15) is 45.2 Å². The monoisotopic (exact) mass is 536 g/mol. The third kappa shape index (κ3) is 5.49. The zero-order chi connectivity index (χ0) is 29.0. The first-order valence-electron chi connectivity index (χ1n) is 12.4. The van der Waals surface area contributed by atoms with Gasteiger partial charge in [0.2, 0.25) is 0 Å². The molecule has 37 heavy (non-hydrogen) atoms. The molecule has 13 heteroatoms. The minimum absolute atomic E-state index is 0.0759. The van der Waals surface area contributed by atoms with Gasteiger partial charge in [-0.15, -0.1) is 0 Å². The Hall–Kier alpha value is -1.87. The SMILES string of the molecule is CC1(C)CC(O)CC(C)(C)[N+]1(O)OC(=O)CC(O)(CC(=O)O[N+]1(O)C(C)(C)CC(O)CC1(C)C)C(=O)O. The van der Waals surface area contributed by atoms with Crippen LogP contribution in [0, 0.1) is 0 Å². The van der Waals surface area contributed by atoms with E-state index in [4.69, 9.17) is 9.68 Å². The Morgan fingerprint density at radius 2 is 0.946 bits per heavy atom. The molecule has 214 valence electrons. The fourth-order valence-electron chi connectivity index (χ4n) is 6.13. The van der Waals surface area contributed by atoms with Crippen molar-refractivity contribution >= 4 is 17.9 Å². The van der Waals surface area contributed by atoms with Gasteiger partial charge in [0.05, 0.1) is 25.0 Å². The first-order chi connectivity index (χ1) is 16.3. The van der Waals surface area contributed by atoms with Gasteiger partial charge < -0.3 is 20.4 Å². The van der Waals surface area contributed by atoms with Crippen molar-refractivity contribution < 1.29 is 64.5 Å². The summed E-state index contributed by atoms with van der Waals surface area (Å²) in [5.74, 6) is -4.50. The third-order valence-electron chi connectivity index (χ3n) is 7.96. The lowest BCUT2D eigenvalue weighted by Crippen LogP contribution is -2.74. The van der Waals surface area contributed by atoms with Gasteiger partial charge in [-0.1, -0.05) is 0 Å². The summed E-state index contributed by atoms with van der Waals surface area (Å²) in [6.45, 7) is 12.5. The standard InChI is InChI=1S/C24H43N2O11/c1-20(2)9-15(27)10-21(3,4)25(20,34)36-17(29)13-24(33,19(31)32)14-18(30)37-26(35)22(5,6)11-16(28)12-23(26,7)8/h15-16,27-28,33-35H,9-14H2,1-8H3/q+1/p+1. The normalized spacial score (nSPS) is 35.6. The van der Waals surface area contributed by atoms with E-state index < -0.39 is 80.3 Å². The van der Waals surface area contributed by atoms with Crippen LogP contribution in [-0.2, 0) is 24.1 Å². The fraction of sp³-hybridized carbons (Fsp3) is 0.875. The topological polar surface area (TPSA) is 191 Å². The summed E-state index contributed by atoms with van der Waals surface area (Å²) in [7, 11) is 0. The third-order valence-corrected chi connectivity index (χ3v) is 7.96. The molecule has 0 radical (unpaired) electrons. The van der Waals surface area contributed by atoms with Crippen LogP contribution in [0.4, 0.5) is 0 Å². The number of quaternary nitrogens is 2. The highest BCUT2D eigenvalue weighted by Crippen LogP contribution is 2.46. The molecular weight excluding hydrogens is 492 g/mol. The number of carbonyl (C=O) groups excluding carboxylic acids is 2. The number of aliphatic carboxylic acids is 1. The van der Waals surface area contributed by atoms with Crippen LogP contribution in [0.15, 0.2) is 0 Å². The molecule has 0 bridgehead atoms. The van der Waals surface area contributed by atoms with E-state index in [0.29, 0.717) is 0 Å². The predicted molar refractivity (Wildman–Crippen MR) is 125 cm³/mol. The van der Waals surface area contributed by atoms with Crippen LogP contribution >= 0.6 is 0 Å². The number of rotatable bonds is 7. The Kier molecular flexibility index (Phi) is 7.96. The number of hydrogen-bond donors (Lipinski definition) is 6. The minimum atomic E-state index is -2.97. The van der Waals surface area contributed by atoms with Crippen LogP contribution in [-0.4, -0.2) is 98.3 Å². The van der Waals surface area contributed by atoms with Crippen molar-refractivity contribution in [1.82, 2.24) is 0 Å². The molecule has 2 aliphatic rings. The highest BCUT2D eigenvalue weighted by Gasteiger charge is 2.66. The molecule has 2 fully saturated rings. The molecule has 13 nitrogen and oxygen atoms in total. The zero-order valence-corrected chi connectivity index (χ0v) is 23.0. The lowest BCUT2D eigenvalue weighted by atomic mass is 9.79. The summed E-state index contributed by atoms with van der Waals surface area (Å²) in [6.07, 6.45) is -3.65. The molecular formula is C24H44N2O11+2. The summed E-state index contributed by atoms with van der Waals surface area (Å²) >= 11 is 0. The summed E-state index contributed by atoms with van der Waals surface area (Å²) in [5, 5.41) is 63.5. The Balaban J connectivity index is 2.25. The van der Waals surface area contributed by atoms with Gasteiger partial charge in [0.1, 0.15) is 0 Å². The lowest BCUT2D eigenvalue weighted by Gasteiger charge is -2.53. The second-order valence-electron chi connectivity index (χ2n) is 13.1. The van der Waals surface area contributed by atoms with Crippen molar-refractivity contribution in [3.05, 3.63) is 0 Å². The van der Waals surface area contributed by atoms with Crippen molar-refractivity contribution in [3.8, 4) is 0 Å². The number of aliphatic hydroxyl groups excluding tert-OH is 2. The summed E-state index contributed by atoms with van der Waals surface area (Å²) < 4.78 is 0. The van der Waals surface area contributed by atoms with E-state index in [1.54, 1.807) is 55.4 Å². The molecule has 0 amide bonds. The van der Waals surface area contributed by atoms with Crippen LogP contribution in [0.2, 0.25) is 0 Å². The van der Waals surface area contributed by atoms with Crippen LogP contribution < -0.4 is 0 Å². The van der Waals surface area contributed by atoms with Crippen molar-refractivity contribution in [2.45, 2.75) is 134 Å². The molecule has 2 aliphatic heterocycles. The second-order valence-corrected chi connectivity index (χ2v) is 13.1. The molecule has 0 aromatic rings. The van der Waals surface area contributed by atoms with E-state index >= 15 is 0 Å². The number of aliphatic hydroxyl groups is 3. The Morgan fingerprint density at radius 1 is 0.703 bits per heavy atom. The molecule has 2 saturated heterocycles. The van der Waals surface area contributed by atoms with Gasteiger partial charge in [-0.05, 0) is 55.4 Å². The van der Waals surface area contributed by atoms with Crippen molar-refractivity contribution in [2.75, 3.05) is 0 Å². The van der Waals surface area contributed by atoms with Gasteiger partial charge in [-0.2, -0.15) is 10.4 Å². The number of carboxylic acids is 1. The average Bonchev–Trinajstić information content (AvgIpc) is 2.62. The number of hydrogen-bond acceptors (Lipinski definition) is 10. The first-order valence-corrected chi connectivity index (χ1v) is 12.4. The fourth-order valence-corrected chi connectivity index (χ4v) is 6.13. The lowest BCUT2D eigenvalue weighted by molar-refractivity contribution is -1.29. The van der Waals surface area contributed by atoms with Gasteiger partial charge in [0.15, 0.2) is 27.8 Å². The van der Waals surface area contributed by atoms with E-state index in [1.165, 1.54) is 0 Å². The predicted octanol–water partition coefficient (Wildman–Crippen LogP) is 1.33. The largest absolute Gasteiger partial charge is 0.479 e. The second kappa shape index (κ2) is 9.40. The number of carbonyl (C=O) groups is 3. The number of hydroxylamine groups is 8. The minimum Gasteiger partial charge on any atom is -0.479 e. The zero-order valence-electron chi connectivity index (χ0n) is 23.0. The molecule has 2 heterocycles. The number of piperidine rings is 2. The maximum absolute atomic E-state index is 12.9. The summed E-state index contributed by atoms with van der Waals surface area (Å²) in [4.78, 5) is 45.8. The van der Waals surface area contributed by atoms with E-state index in [0.717, 1.165) is 0 Å². The van der Waals surface area contributed by atoms with Crippen LogP contribution in [0.1, 0.15) is 93.9 Å². The van der Waals surface area contributed by atoms with E-state index in [1.807, 2.05) is 0 Å². The van der Waals surface area contributed by atoms with Crippen molar-refractivity contribution in [2.24, 2.45) is 0 Å². The summed E-state index contributed by atoms with van der Waals surface area (Å²) in [5.41, 5.74) is -7.69. The average molecular weight is 537 g/mol. The van der Waals surface area contributed by atoms with E-state index in [-0.39, 0.29) is 25.7 Å². The molecule has 6 N–H and O–H groups in total. The maximum Gasteiger partial charge on any atom is 0.374 e. The van der Waals surface area contributed by atoms with Crippen molar-refractivity contribution in [1.29, 1.82) is 0 Å². The number of nitrogens with zero attached hydrogens (tertiary/aromatic N) is 2. The molecule has 0 unspecified atom stereocenters. The molecule has 0 spiro atoms. The van der Waals surface area contributed by atoms with E-state index in [2.05, 4.69) is 0 Å². The van der Waals surface area contributed by atoms with Gasteiger partial charge in [-0.25, -0.2) is 24.1 Å².